The summed E-state index contributed by atoms with van der Waals surface area (Å²) in [5.41, 5.74) is 0.837. The molecule has 158 valence electrons. The highest BCUT2D eigenvalue weighted by molar-refractivity contribution is 7.99. The number of nitrogens with one attached hydrogen (secondary N) is 1. The first-order chi connectivity index (χ1) is 14.8. The number of amides is 1. The Labute approximate surface area is 183 Å². The van der Waals surface area contributed by atoms with Crippen molar-refractivity contribution in [2.45, 2.75) is 11.2 Å². The maximum atomic E-state index is 12.6. The molecule has 2 aromatic heterocycles. The normalized spacial score (nSPS) is 11.6. The summed E-state index contributed by atoms with van der Waals surface area (Å²) in [7, 11) is 0. The maximum Gasteiger partial charge on any atom is 0.416 e. The monoisotopic (exact) mass is 463 g/mol. The SMILES string of the molecule is O=C(CSc1ccc2nnc(-c3ccc(Cl)cc3)n2n1)Nc1ccc(C(F)(F)F)cc1. The van der Waals surface area contributed by atoms with Crippen LogP contribution in [-0.2, 0) is 11.0 Å². The van der Waals surface area contributed by atoms with E-state index >= 15 is 0 Å². The Morgan fingerprint density at radius 3 is 2.39 bits per heavy atom. The van der Waals surface area contributed by atoms with Gasteiger partial charge in [-0.15, -0.1) is 10.2 Å². The van der Waals surface area contributed by atoms with Crippen LogP contribution in [-0.4, -0.2) is 31.5 Å². The fraction of sp³-hybridized carbons (Fsp3) is 0.100. The smallest absolute Gasteiger partial charge is 0.325 e. The quantitative estimate of drug-likeness (QED) is 0.412. The molecule has 0 saturated carbocycles. The average Bonchev–Trinajstić information content (AvgIpc) is 3.16. The second kappa shape index (κ2) is 8.56. The fourth-order valence-corrected chi connectivity index (χ4v) is 3.49. The van der Waals surface area contributed by atoms with Gasteiger partial charge in [0.05, 0.1) is 11.3 Å². The van der Waals surface area contributed by atoms with Crippen molar-refractivity contribution < 1.29 is 18.0 Å². The number of hydrogen-bond donors (Lipinski definition) is 1. The van der Waals surface area contributed by atoms with Crippen molar-refractivity contribution in [2.75, 3.05) is 11.1 Å². The second-order valence-corrected chi connectivity index (χ2v) is 7.82. The first-order valence-corrected chi connectivity index (χ1v) is 10.2. The number of anilines is 1. The van der Waals surface area contributed by atoms with E-state index in [-0.39, 0.29) is 17.3 Å². The third-order valence-electron chi connectivity index (χ3n) is 4.19. The highest BCUT2D eigenvalue weighted by Crippen LogP contribution is 2.30. The van der Waals surface area contributed by atoms with Gasteiger partial charge >= 0.3 is 6.18 Å². The lowest BCUT2D eigenvalue weighted by Crippen LogP contribution is -2.14. The Balaban J connectivity index is 1.43. The lowest BCUT2D eigenvalue weighted by Gasteiger charge is -2.08. The standard InChI is InChI=1S/C20H13ClF3N5OS/c21-14-5-1-12(2-6-14)19-27-26-16-9-10-18(28-29(16)19)31-11-17(30)25-15-7-3-13(4-8-15)20(22,23)24/h1-10H,11H2,(H,25,30). The van der Waals surface area contributed by atoms with E-state index in [0.29, 0.717) is 21.5 Å². The number of halogens is 4. The van der Waals surface area contributed by atoms with E-state index in [9.17, 15) is 18.0 Å². The first kappa shape index (κ1) is 21.1. The van der Waals surface area contributed by atoms with Gasteiger partial charge < -0.3 is 5.32 Å². The summed E-state index contributed by atoms with van der Waals surface area (Å²) in [4.78, 5) is 12.2. The highest BCUT2D eigenvalue weighted by atomic mass is 35.5. The van der Waals surface area contributed by atoms with Gasteiger partial charge in [0, 0.05) is 16.3 Å². The molecule has 0 bridgehead atoms. The molecule has 31 heavy (non-hydrogen) atoms. The molecule has 2 heterocycles. The van der Waals surface area contributed by atoms with Gasteiger partial charge in [-0.25, -0.2) is 0 Å². The Kier molecular flexibility index (Phi) is 5.84. The Morgan fingerprint density at radius 2 is 1.71 bits per heavy atom. The Bertz CT molecular complexity index is 1230. The van der Waals surface area contributed by atoms with Crippen LogP contribution in [0.25, 0.3) is 17.0 Å². The van der Waals surface area contributed by atoms with E-state index in [1.54, 1.807) is 40.9 Å². The molecule has 0 aliphatic carbocycles. The number of aromatic nitrogens is 4. The second-order valence-electron chi connectivity index (χ2n) is 6.38. The lowest BCUT2D eigenvalue weighted by molar-refractivity contribution is -0.137. The molecule has 4 aromatic rings. The summed E-state index contributed by atoms with van der Waals surface area (Å²) < 4.78 is 39.4. The molecule has 0 unspecified atom stereocenters. The molecular formula is C20H13ClF3N5OS. The minimum atomic E-state index is -4.42. The fourth-order valence-electron chi connectivity index (χ4n) is 2.71. The molecule has 1 amide bonds. The van der Waals surface area contributed by atoms with Gasteiger partial charge in [0.15, 0.2) is 11.5 Å². The molecule has 2 aromatic carbocycles. The largest absolute Gasteiger partial charge is 0.416 e. The number of hydrogen-bond acceptors (Lipinski definition) is 5. The predicted octanol–water partition coefficient (Wildman–Crippen LogP) is 5.19. The molecule has 0 atom stereocenters. The zero-order chi connectivity index (χ0) is 22.0. The molecule has 0 aliphatic rings. The lowest BCUT2D eigenvalue weighted by atomic mass is 10.2. The van der Waals surface area contributed by atoms with Crippen molar-refractivity contribution >= 4 is 40.6 Å². The predicted molar refractivity (Wildman–Crippen MR) is 112 cm³/mol. The molecule has 6 nitrogen and oxygen atoms in total. The molecule has 1 N–H and O–H groups in total. The summed E-state index contributed by atoms with van der Waals surface area (Å²) in [6.45, 7) is 0. The molecule has 0 fully saturated rings. The zero-order valence-electron chi connectivity index (χ0n) is 15.6. The van der Waals surface area contributed by atoms with Crippen LogP contribution in [0.4, 0.5) is 18.9 Å². The average molecular weight is 464 g/mol. The van der Waals surface area contributed by atoms with Crippen LogP contribution in [0.15, 0.2) is 65.7 Å². The van der Waals surface area contributed by atoms with E-state index < -0.39 is 11.7 Å². The zero-order valence-corrected chi connectivity index (χ0v) is 17.2. The van der Waals surface area contributed by atoms with Crippen molar-refractivity contribution in [3.8, 4) is 11.4 Å². The number of benzene rings is 2. The molecule has 0 radical (unpaired) electrons. The van der Waals surface area contributed by atoms with Gasteiger partial charge in [-0.2, -0.15) is 22.8 Å². The third kappa shape index (κ3) is 4.97. The molecule has 0 saturated heterocycles. The number of nitrogens with zero attached hydrogens (tertiary/aromatic N) is 4. The molecule has 4 rings (SSSR count). The van der Waals surface area contributed by atoms with Gasteiger partial charge in [-0.05, 0) is 60.7 Å². The Morgan fingerprint density at radius 1 is 1.00 bits per heavy atom. The number of fused-ring (bicyclic) bond motifs is 1. The van der Waals surface area contributed by atoms with E-state index in [0.717, 1.165) is 17.7 Å². The van der Waals surface area contributed by atoms with Crippen LogP contribution >= 0.6 is 23.4 Å². The Hall–Kier alpha value is -3.11. The van der Waals surface area contributed by atoms with Gasteiger partial charge in [0.2, 0.25) is 5.91 Å². The number of rotatable bonds is 5. The minimum absolute atomic E-state index is 0.0257. The van der Waals surface area contributed by atoms with Crippen LogP contribution in [0.3, 0.4) is 0 Å². The minimum Gasteiger partial charge on any atom is -0.325 e. The maximum absolute atomic E-state index is 12.6. The number of alkyl halides is 3. The van der Waals surface area contributed by atoms with Gasteiger partial charge in [-0.3, -0.25) is 4.79 Å². The van der Waals surface area contributed by atoms with Crippen LogP contribution < -0.4 is 5.32 Å². The van der Waals surface area contributed by atoms with Crippen molar-refractivity contribution in [3.63, 3.8) is 0 Å². The number of carbonyl (C=O) groups is 1. The van der Waals surface area contributed by atoms with Gasteiger partial charge in [0.25, 0.3) is 0 Å². The van der Waals surface area contributed by atoms with E-state index in [1.165, 1.54) is 23.9 Å². The molecule has 11 heteroatoms. The highest BCUT2D eigenvalue weighted by Gasteiger charge is 2.30. The van der Waals surface area contributed by atoms with Crippen LogP contribution in [0.5, 0.6) is 0 Å². The molecule has 0 aliphatic heterocycles. The molecule has 0 spiro atoms. The van der Waals surface area contributed by atoms with Crippen LogP contribution in [0.1, 0.15) is 5.56 Å². The first-order valence-electron chi connectivity index (χ1n) is 8.88. The van der Waals surface area contributed by atoms with Crippen molar-refractivity contribution in [1.82, 2.24) is 19.8 Å². The van der Waals surface area contributed by atoms with Crippen molar-refractivity contribution in [3.05, 3.63) is 71.2 Å². The summed E-state index contributed by atoms with van der Waals surface area (Å²) in [6.07, 6.45) is -4.42. The van der Waals surface area contributed by atoms with E-state index in [1.807, 2.05) is 0 Å². The van der Waals surface area contributed by atoms with Crippen molar-refractivity contribution in [1.29, 1.82) is 0 Å². The van der Waals surface area contributed by atoms with Gasteiger partial charge in [-0.1, -0.05) is 23.4 Å². The summed E-state index contributed by atoms with van der Waals surface area (Å²) >= 11 is 7.10. The van der Waals surface area contributed by atoms with Crippen molar-refractivity contribution in [2.24, 2.45) is 0 Å². The van der Waals surface area contributed by atoms with Crippen LogP contribution in [0.2, 0.25) is 5.02 Å². The van der Waals surface area contributed by atoms with Gasteiger partial charge in [0.1, 0.15) is 5.03 Å². The third-order valence-corrected chi connectivity index (χ3v) is 5.36. The summed E-state index contributed by atoms with van der Waals surface area (Å²) in [5, 5.41) is 16.4. The molecular weight excluding hydrogens is 451 g/mol. The van der Waals surface area contributed by atoms with E-state index in [2.05, 4.69) is 20.6 Å². The summed E-state index contributed by atoms with van der Waals surface area (Å²) in [5.74, 6) is 0.189. The summed E-state index contributed by atoms with van der Waals surface area (Å²) in [6, 6.07) is 14.8. The van der Waals surface area contributed by atoms with Crippen LogP contribution in [0, 0.1) is 0 Å². The number of carbonyl (C=O) groups excluding carboxylic acids is 1. The number of thioether (sulfide) groups is 1. The topological polar surface area (TPSA) is 72.2 Å². The van der Waals surface area contributed by atoms with E-state index in [4.69, 9.17) is 11.6 Å².